The third-order valence-electron chi connectivity index (χ3n) is 7.40. The Balaban J connectivity index is 0.00000142. The summed E-state index contributed by atoms with van der Waals surface area (Å²) in [5.41, 5.74) is 13.8. The Morgan fingerprint density at radius 2 is 0.950 bits per heavy atom. The second-order valence-electron chi connectivity index (χ2n) is 9.66. The first-order valence-corrected chi connectivity index (χ1v) is 13.9. The van der Waals surface area contributed by atoms with Crippen LogP contribution in [-0.4, -0.2) is 0 Å². The number of nitrogens with one attached hydrogen (secondary N) is 1. The van der Waals surface area contributed by atoms with E-state index < -0.39 is 0 Å². The standard InChI is InChI=1S/C36H26N2.C2H6/c37-33-18-7-8-19-34(33)38-26-22-20-25(21-23-26)35-29-13-3-5-15-31(29)36(32-16-6-4-14-30(32)35)28-17-9-11-24-10-1-2-12-27(24)28;1-2/h1-23,38H,37H2;1-2H3. The average Bonchev–Trinajstić information content (AvgIpc) is 3.02. The van der Waals surface area contributed by atoms with Gasteiger partial charge >= 0.3 is 0 Å². The van der Waals surface area contributed by atoms with Crippen LogP contribution in [0.1, 0.15) is 13.8 Å². The molecule has 0 radical (unpaired) electrons. The van der Waals surface area contributed by atoms with Crippen LogP contribution in [0.2, 0.25) is 0 Å². The van der Waals surface area contributed by atoms with Crippen molar-refractivity contribution in [2.24, 2.45) is 0 Å². The minimum atomic E-state index is 0.734. The van der Waals surface area contributed by atoms with Crippen molar-refractivity contribution in [2.45, 2.75) is 13.8 Å². The molecule has 0 bridgehead atoms. The molecular formula is C38H32N2. The molecule has 7 rings (SSSR count). The van der Waals surface area contributed by atoms with Gasteiger partial charge in [-0.05, 0) is 78.8 Å². The average molecular weight is 517 g/mol. The zero-order valence-corrected chi connectivity index (χ0v) is 22.9. The highest BCUT2D eigenvalue weighted by Gasteiger charge is 2.17. The lowest BCUT2D eigenvalue weighted by molar-refractivity contribution is 1.50. The van der Waals surface area contributed by atoms with E-state index in [0.29, 0.717) is 0 Å². The molecule has 0 aliphatic rings. The van der Waals surface area contributed by atoms with Gasteiger partial charge in [-0.15, -0.1) is 0 Å². The van der Waals surface area contributed by atoms with E-state index in [0.717, 1.165) is 17.1 Å². The van der Waals surface area contributed by atoms with E-state index in [1.54, 1.807) is 0 Å². The van der Waals surface area contributed by atoms with Gasteiger partial charge in [-0.25, -0.2) is 0 Å². The summed E-state index contributed by atoms with van der Waals surface area (Å²) in [7, 11) is 0. The molecule has 0 fully saturated rings. The van der Waals surface area contributed by atoms with Crippen LogP contribution in [0.4, 0.5) is 17.1 Å². The highest BCUT2D eigenvalue weighted by molar-refractivity contribution is 6.23. The monoisotopic (exact) mass is 516 g/mol. The van der Waals surface area contributed by atoms with Crippen molar-refractivity contribution in [3.05, 3.63) is 140 Å². The molecule has 40 heavy (non-hydrogen) atoms. The van der Waals surface area contributed by atoms with E-state index in [1.165, 1.54) is 54.6 Å². The van der Waals surface area contributed by atoms with Crippen LogP contribution >= 0.6 is 0 Å². The van der Waals surface area contributed by atoms with Gasteiger partial charge < -0.3 is 11.1 Å². The smallest absolute Gasteiger partial charge is 0.0617 e. The molecule has 0 saturated carbocycles. The van der Waals surface area contributed by atoms with E-state index in [4.69, 9.17) is 5.73 Å². The first kappa shape index (κ1) is 25.2. The molecule has 3 N–H and O–H groups in total. The zero-order chi connectivity index (χ0) is 27.5. The van der Waals surface area contributed by atoms with Crippen LogP contribution in [0.5, 0.6) is 0 Å². The molecule has 0 aromatic heterocycles. The number of benzene rings is 7. The van der Waals surface area contributed by atoms with Crippen molar-refractivity contribution in [1.82, 2.24) is 0 Å². The van der Waals surface area contributed by atoms with Gasteiger partial charge in [-0.2, -0.15) is 0 Å². The Hall–Kier alpha value is -5.08. The minimum absolute atomic E-state index is 0.734. The van der Waals surface area contributed by atoms with Crippen LogP contribution < -0.4 is 11.1 Å². The molecule has 0 saturated heterocycles. The SMILES string of the molecule is CC.Nc1ccccc1Nc1ccc(-c2c3ccccc3c(-c3cccc4ccccc34)c3ccccc23)cc1. The summed E-state index contributed by atoms with van der Waals surface area (Å²) >= 11 is 0. The summed E-state index contributed by atoms with van der Waals surface area (Å²) in [6.45, 7) is 4.00. The summed E-state index contributed by atoms with van der Waals surface area (Å²) in [6.07, 6.45) is 0. The van der Waals surface area contributed by atoms with Crippen molar-refractivity contribution in [1.29, 1.82) is 0 Å². The van der Waals surface area contributed by atoms with Crippen LogP contribution in [-0.2, 0) is 0 Å². The number of fused-ring (bicyclic) bond motifs is 3. The molecule has 7 aromatic rings. The van der Waals surface area contributed by atoms with Crippen molar-refractivity contribution in [2.75, 3.05) is 11.1 Å². The van der Waals surface area contributed by atoms with E-state index >= 15 is 0 Å². The quantitative estimate of drug-likeness (QED) is 0.180. The number of rotatable bonds is 4. The Kier molecular flexibility index (Phi) is 6.91. The van der Waals surface area contributed by atoms with Gasteiger partial charge in [0.15, 0.2) is 0 Å². The van der Waals surface area contributed by atoms with Crippen molar-refractivity contribution < 1.29 is 0 Å². The molecule has 0 spiro atoms. The fourth-order valence-corrected chi connectivity index (χ4v) is 5.66. The lowest BCUT2D eigenvalue weighted by Crippen LogP contribution is -1.96. The van der Waals surface area contributed by atoms with Crippen LogP contribution in [0.25, 0.3) is 54.6 Å². The van der Waals surface area contributed by atoms with Gasteiger partial charge in [-0.3, -0.25) is 0 Å². The lowest BCUT2D eigenvalue weighted by Gasteiger charge is -2.19. The Morgan fingerprint density at radius 1 is 0.450 bits per heavy atom. The molecule has 0 aliphatic carbocycles. The maximum absolute atomic E-state index is 6.15. The largest absolute Gasteiger partial charge is 0.397 e. The second-order valence-corrected chi connectivity index (χ2v) is 9.66. The molecule has 0 amide bonds. The van der Waals surface area contributed by atoms with Crippen LogP contribution in [0.3, 0.4) is 0 Å². The fraction of sp³-hybridized carbons (Fsp3) is 0.0526. The number of hydrogen-bond acceptors (Lipinski definition) is 2. The van der Waals surface area contributed by atoms with Crippen LogP contribution in [0.15, 0.2) is 140 Å². The van der Waals surface area contributed by atoms with Gasteiger partial charge in [-0.1, -0.05) is 129 Å². The Bertz CT molecular complexity index is 1890. The fourth-order valence-electron chi connectivity index (χ4n) is 5.66. The maximum atomic E-state index is 6.15. The highest BCUT2D eigenvalue weighted by atomic mass is 14.9. The Morgan fingerprint density at radius 3 is 1.57 bits per heavy atom. The third kappa shape index (κ3) is 4.44. The number of para-hydroxylation sites is 2. The van der Waals surface area contributed by atoms with Gasteiger partial charge in [0.05, 0.1) is 11.4 Å². The van der Waals surface area contributed by atoms with Gasteiger partial charge in [0.1, 0.15) is 0 Å². The predicted octanol–water partition coefficient (Wildman–Crippen LogP) is 10.8. The van der Waals surface area contributed by atoms with Crippen LogP contribution in [0, 0.1) is 0 Å². The molecule has 7 aromatic carbocycles. The summed E-state index contributed by atoms with van der Waals surface area (Å²) in [5, 5.41) is 11.0. The third-order valence-corrected chi connectivity index (χ3v) is 7.40. The summed E-state index contributed by atoms with van der Waals surface area (Å²) in [6, 6.07) is 49.4. The summed E-state index contributed by atoms with van der Waals surface area (Å²) in [5.74, 6) is 0. The van der Waals surface area contributed by atoms with Crippen molar-refractivity contribution in [3.63, 3.8) is 0 Å². The topological polar surface area (TPSA) is 38.0 Å². The lowest BCUT2D eigenvalue weighted by atomic mass is 9.85. The molecule has 2 nitrogen and oxygen atoms in total. The van der Waals surface area contributed by atoms with Gasteiger partial charge in [0.25, 0.3) is 0 Å². The Labute approximate surface area is 235 Å². The minimum Gasteiger partial charge on any atom is -0.397 e. The summed E-state index contributed by atoms with van der Waals surface area (Å²) in [4.78, 5) is 0. The van der Waals surface area contributed by atoms with E-state index in [2.05, 4.69) is 121 Å². The number of hydrogen-bond donors (Lipinski definition) is 2. The molecule has 2 heteroatoms. The van der Waals surface area contributed by atoms with Crippen molar-refractivity contribution in [3.8, 4) is 22.3 Å². The molecule has 194 valence electrons. The number of anilines is 3. The summed E-state index contributed by atoms with van der Waals surface area (Å²) < 4.78 is 0. The molecule has 0 atom stereocenters. The normalized spacial score (nSPS) is 10.8. The van der Waals surface area contributed by atoms with E-state index in [-0.39, 0.29) is 0 Å². The highest BCUT2D eigenvalue weighted by Crippen LogP contribution is 2.45. The van der Waals surface area contributed by atoms with Gasteiger partial charge in [0.2, 0.25) is 0 Å². The predicted molar refractivity (Wildman–Crippen MR) is 175 cm³/mol. The first-order chi connectivity index (χ1) is 19.8. The molecular weight excluding hydrogens is 484 g/mol. The zero-order valence-electron chi connectivity index (χ0n) is 22.9. The number of nitrogen functional groups attached to an aromatic ring is 1. The van der Waals surface area contributed by atoms with E-state index in [9.17, 15) is 0 Å². The number of nitrogens with two attached hydrogens (primary N) is 1. The molecule has 0 unspecified atom stereocenters. The second kappa shape index (κ2) is 11.0. The first-order valence-electron chi connectivity index (χ1n) is 13.9. The van der Waals surface area contributed by atoms with Gasteiger partial charge in [0, 0.05) is 5.69 Å². The molecule has 0 heterocycles. The van der Waals surface area contributed by atoms with E-state index in [1.807, 2.05) is 38.1 Å². The molecule has 0 aliphatic heterocycles. The maximum Gasteiger partial charge on any atom is 0.0617 e. The van der Waals surface area contributed by atoms with Crippen molar-refractivity contribution >= 4 is 49.4 Å².